The van der Waals surface area contributed by atoms with E-state index in [1.807, 2.05) is 0 Å². The Hall–Kier alpha value is -0.840. The van der Waals surface area contributed by atoms with Crippen LogP contribution in [0.15, 0.2) is 0 Å². The molecule has 1 aromatic rings. The van der Waals surface area contributed by atoms with Gasteiger partial charge >= 0.3 is 0 Å². The highest BCUT2D eigenvalue weighted by Gasteiger charge is 1.96. The van der Waals surface area contributed by atoms with E-state index in [1.165, 1.54) is 23.1 Å². The van der Waals surface area contributed by atoms with Gasteiger partial charge in [-0.25, -0.2) is 4.68 Å². The molecule has 0 radical (unpaired) electrons. The van der Waals surface area contributed by atoms with Gasteiger partial charge in [0.1, 0.15) is 0 Å². The Kier molecular flexibility index (Phi) is 1.52. The van der Waals surface area contributed by atoms with Gasteiger partial charge in [-0.1, -0.05) is 0 Å². The lowest BCUT2D eigenvalue weighted by Crippen LogP contribution is -2.08. The molecule has 1 rings (SSSR count). The summed E-state index contributed by atoms with van der Waals surface area (Å²) in [4.78, 5) is 0.395. The predicted octanol–water partition coefficient (Wildman–Crippen LogP) is -0.0303. The van der Waals surface area contributed by atoms with Gasteiger partial charge in [-0.05, 0) is 11.3 Å². The van der Waals surface area contributed by atoms with Gasteiger partial charge in [0.05, 0.1) is 7.11 Å². The lowest BCUT2D eigenvalue weighted by Gasteiger charge is -1.85. The number of aromatic nitrogens is 2. The summed E-state index contributed by atoms with van der Waals surface area (Å²) in [6.45, 7) is 0. The van der Waals surface area contributed by atoms with Crippen molar-refractivity contribution in [1.29, 1.82) is 5.41 Å². The smallest absolute Gasteiger partial charge is 0.293 e. The van der Waals surface area contributed by atoms with Crippen molar-refractivity contribution in [2.24, 2.45) is 7.05 Å². The molecular formula is C4H7N3OS. The molecule has 1 N–H and O–H groups in total. The van der Waals surface area contributed by atoms with E-state index < -0.39 is 0 Å². The third kappa shape index (κ3) is 1.10. The summed E-state index contributed by atoms with van der Waals surface area (Å²) in [5.74, 6) is 0. The molecule has 0 saturated heterocycles. The standard InChI is InChI=1S/C4H7N3OS/c1-7-3(5)9-4(6-7)8-2/h5H,1-2H3. The monoisotopic (exact) mass is 145 g/mol. The Morgan fingerprint density at radius 1 is 1.78 bits per heavy atom. The molecule has 0 saturated carbocycles. The molecule has 5 heteroatoms. The van der Waals surface area contributed by atoms with Gasteiger partial charge in [0.15, 0.2) is 0 Å². The first-order valence-corrected chi connectivity index (χ1v) is 3.18. The molecule has 50 valence electrons. The molecule has 0 aliphatic rings. The maximum atomic E-state index is 7.18. The highest BCUT2D eigenvalue weighted by Crippen LogP contribution is 2.05. The number of nitrogens with one attached hydrogen (secondary N) is 1. The van der Waals surface area contributed by atoms with Crippen molar-refractivity contribution in [3.8, 4) is 5.19 Å². The number of ether oxygens (including phenoxy) is 1. The van der Waals surface area contributed by atoms with E-state index in [9.17, 15) is 0 Å². The van der Waals surface area contributed by atoms with Crippen LogP contribution < -0.4 is 9.54 Å². The summed E-state index contributed by atoms with van der Waals surface area (Å²) in [5.41, 5.74) is 0. The largest absolute Gasteiger partial charge is 0.472 e. The number of hydrogen-bond donors (Lipinski definition) is 1. The molecule has 9 heavy (non-hydrogen) atoms. The van der Waals surface area contributed by atoms with Gasteiger partial charge < -0.3 is 4.74 Å². The second-order valence-corrected chi connectivity index (χ2v) is 2.44. The van der Waals surface area contributed by atoms with Gasteiger partial charge in [0.25, 0.3) is 5.19 Å². The topological polar surface area (TPSA) is 50.9 Å². The third-order valence-electron chi connectivity index (χ3n) is 0.884. The van der Waals surface area contributed by atoms with Crippen molar-refractivity contribution in [3.63, 3.8) is 0 Å². The lowest BCUT2D eigenvalue weighted by atomic mass is 11.2. The Balaban J connectivity index is 3.13. The first-order chi connectivity index (χ1) is 4.24. The Morgan fingerprint density at radius 2 is 2.44 bits per heavy atom. The molecule has 1 heterocycles. The first kappa shape index (κ1) is 6.28. The van der Waals surface area contributed by atoms with Crippen molar-refractivity contribution in [3.05, 3.63) is 4.80 Å². The molecule has 4 nitrogen and oxygen atoms in total. The van der Waals surface area contributed by atoms with Crippen LogP contribution in [0.3, 0.4) is 0 Å². The summed E-state index contributed by atoms with van der Waals surface area (Å²) in [7, 11) is 3.25. The summed E-state index contributed by atoms with van der Waals surface area (Å²) >= 11 is 1.21. The van der Waals surface area contributed by atoms with Crippen LogP contribution in [0.5, 0.6) is 5.19 Å². The number of rotatable bonds is 1. The van der Waals surface area contributed by atoms with Gasteiger partial charge in [-0.3, -0.25) is 5.41 Å². The molecule has 0 fully saturated rings. The highest BCUT2D eigenvalue weighted by atomic mass is 32.1. The van der Waals surface area contributed by atoms with E-state index in [0.717, 1.165) is 0 Å². The zero-order valence-electron chi connectivity index (χ0n) is 5.21. The summed E-state index contributed by atoms with van der Waals surface area (Å²) < 4.78 is 6.24. The van der Waals surface area contributed by atoms with Crippen molar-refractivity contribution < 1.29 is 4.74 Å². The molecule has 0 amide bonds. The van der Waals surface area contributed by atoms with Crippen LogP contribution in [-0.2, 0) is 7.05 Å². The second kappa shape index (κ2) is 2.18. The lowest BCUT2D eigenvalue weighted by molar-refractivity contribution is 0.400. The minimum Gasteiger partial charge on any atom is -0.472 e. The average molecular weight is 145 g/mol. The third-order valence-corrected chi connectivity index (χ3v) is 1.76. The minimum atomic E-state index is 0.395. The second-order valence-electron chi connectivity index (χ2n) is 1.50. The highest BCUT2D eigenvalue weighted by molar-refractivity contribution is 7.10. The summed E-state index contributed by atoms with van der Waals surface area (Å²) in [5, 5.41) is 11.6. The number of aryl methyl sites for hydroxylation is 1. The molecule has 1 aromatic heterocycles. The molecule has 0 atom stereocenters. The van der Waals surface area contributed by atoms with Gasteiger partial charge in [-0.15, -0.1) is 5.10 Å². The van der Waals surface area contributed by atoms with E-state index in [-0.39, 0.29) is 0 Å². The molecule has 0 aliphatic carbocycles. The Labute approximate surface area is 56.2 Å². The number of methoxy groups -OCH3 is 1. The van der Waals surface area contributed by atoms with E-state index in [2.05, 4.69) is 5.10 Å². The molecule has 0 aliphatic heterocycles. The first-order valence-electron chi connectivity index (χ1n) is 2.37. The average Bonchev–Trinajstić information content (AvgIpc) is 2.13. The fourth-order valence-electron chi connectivity index (χ4n) is 0.420. The van der Waals surface area contributed by atoms with Crippen molar-refractivity contribution in [2.75, 3.05) is 7.11 Å². The number of nitrogens with zero attached hydrogens (tertiary/aromatic N) is 2. The SMILES string of the molecule is COc1nn(C)c(=N)s1. The maximum absolute atomic E-state index is 7.18. The van der Waals surface area contributed by atoms with Crippen LogP contribution in [0.2, 0.25) is 0 Å². The normalized spacial score (nSPS) is 9.56. The summed E-state index contributed by atoms with van der Waals surface area (Å²) in [6, 6.07) is 0. The Morgan fingerprint density at radius 3 is 2.67 bits per heavy atom. The molecule has 0 unspecified atom stereocenters. The van der Waals surface area contributed by atoms with Crippen molar-refractivity contribution in [2.45, 2.75) is 0 Å². The molecule has 0 aromatic carbocycles. The predicted molar refractivity (Wildman–Crippen MR) is 33.5 cm³/mol. The molecule has 0 bridgehead atoms. The van der Waals surface area contributed by atoms with E-state index in [1.54, 1.807) is 7.05 Å². The van der Waals surface area contributed by atoms with Crippen LogP contribution >= 0.6 is 11.3 Å². The van der Waals surface area contributed by atoms with E-state index >= 15 is 0 Å². The van der Waals surface area contributed by atoms with Crippen molar-refractivity contribution >= 4 is 11.3 Å². The van der Waals surface area contributed by atoms with E-state index in [4.69, 9.17) is 10.1 Å². The van der Waals surface area contributed by atoms with Crippen LogP contribution in [0.1, 0.15) is 0 Å². The molecular weight excluding hydrogens is 138 g/mol. The van der Waals surface area contributed by atoms with Crippen LogP contribution in [-0.4, -0.2) is 16.9 Å². The molecule has 0 spiro atoms. The number of hydrogen-bond acceptors (Lipinski definition) is 4. The fourth-order valence-corrected chi connectivity index (χ4v) is 1.00. The van der Waals surface area contributed by atoms with Gasteiger partial charge in [-0.2, -0.15) is 0 Å². The Bertz CT molecular complexity index is 251. The van der Waals surface area contributed by atoms with Crippen LogP contribution in [0, 0.1) is 5.41 Å². The summed E-state index contributed by atoms with van der Waals surface area (Å²) in [6.07, 6.45) is 0. The quantitative estimate of drug-likeness (QED) is 0.603. The fraction of sp³-hybridized carbons (Fsp3) is 0.500. The van der Waals surface area contributed by atoms with Gasteiger partial charge in [0.2, 0.25) is 4.80 Å². The van der Waals surface area contributed by atoms with Crippen LogP contribution in [0.4, 0.5) is 0 Å². The van der Waals surface area contributed by atoms with Gasteiger partial charge in [0, 0.05) is 7.05 Å². The zero-order valence-corrected chi connectivity index (χ0v) is 6.03. The maximum Gasteiger partial charge on any atom is 0.293 e. The minimum absolute atomic E-state index is 0.395. The van der Waals surface area contributed by atoms with Crippen LogP contribution in [0.25, 0.3) is 0 Å². The van der Waals surface area contributed by atoms with Crippen molar-refractivity contribution in [1.82, 2.24) is 9.78 Å². The zero-order chi connectivity index (χ0) is 6.85. The van der Waals surface area contributed by atoms with E-state index in [0.29, 0.717) is 10.00 Å².